The quantitative estimate of drug-likeness (QED) is 0.892. The van der Waals surface area contributed by atoms with Crippen LogP contribution in [-0.2, 0) is 28.0 Å². The number of sulfonamides is 1. The molecule has 0 aliphatic carbocycles. The number of benzene rings is 1. The highest BCUT2D eigenvalue weighted by Gasteiger charge is 2.22. The molecule has 0 bridgehead atoms. The fraction of sp³-hybridized carbons (Fsp3) is 0.647. The highest BCUT2D eigenvalue weighted by Crippen LogP contribution is 2.23. The number of ether oxygens (including phenoxy) is 1. The maximum absolute atomic E-state index is 12.4. The molecule has 0 aromatic heterocycles. The van der Waals surface area contributed by atoms with Gasteiger partial charge in [0, 0.05) is 26.2 Å². The number of hydrogen-bond donors (Lipinski definition) is 1. The molecule has 2 aliphatic heterocycles. The smallest absolute Gasteiger partial charge is 0.240 e. The molecule has 0 amide bonds. The van der Waals surface area contributed by atoms with Crippen molar-refractivity contribution in [2.75, 3.05) is 26.2 Å². The molecule has 128 valence electrons. The molecule has 3 rings (SSSR count). The molecule has 2 aliphatic rings. The molecule has 1 aromatic carbocycles. The Kier molecular flexibility index (Phi) is 5.06. The molecule has 2 heterocycles. The Hall–Kier alpha value is -0.950. The minimum Gasteiger partial charge on any atom is -0.372 e. The second kappa shape index (κ2) is 6.89. The van der Waals surface area contributed by atoms with E-state index in [1.807, 2.05) is 6.07 Å². The van der Waals surface area contributed by atoms with E-state index in [2.05, 4.69) is 23.5 Å². The maximum atomic E-state index is 12.4. The van der Waals surface area contributed by atoms with E-state index in [9.17, 15) is 8.42 Å². The number of nitrogens with zero attached hydrogens (tertiary/aromatic N) is 1. The second-order valence-corrected chi connectivity index (χ2v) is 8.79. The van der Waals surface area contributed by atoms with Gasteiger partial charge in [-0.05, 0) is 41.5 Å². The van der Waals surface area contributed by atoms with Gasteiger partial charge in [-0.2, -0.15) is 0 Å². The van der Waals surface area contributed by atoms with Crippen molar-refractivity contribution < 1.29 is 13.2 Å². The summed E-state index contributed by atoms with van der Waals surface area (Å²) in [5.41, 5.74) is 2.06. The summed E-state index contributed by atoms with van der Waals surface area (Å²) < 4.78 is 32.9. The molecule has 0 spiro atoms. The van der Waals surface area contributed by atoms with Crippen molar-refractivity contribution in [2.24, 2.45) is 11.8 Å². The molecular formula is C17H26N2O3S. The topological polar surface area (TPSA) is 58.6 Å². The summed E-state index contributed by atoms with van der Waals surface area (Å²) in [7, 11) is -3.44. The van der Waals surface area contributed by atoms with Crippen LogP contribution in [0.15, 0.2) is 23.1 Å². The molecule has 0 saturated carbocycles. The lowest BCUT2D eigenvalue weighted by atomic mass is 9.92. The van der Waals surface area contributed by atoms with Crippen LogP contribution in [0.4, 0.5) is 0 Å². The first-order valence-electron chi connectivity index (χ1n) is 8.35. The maximum Gasteiger partial charge on any atom is 0.240 e. The van der Waals surface area contributed by atoms with Crippen molar-refractivity contribution in [3.05, 3.63) is 29.3 Å². The summed E-state index contributed by atoms with van der Waals surface area (Å²) in [5, 5.41) is 0. The molecule has 1 N–H and O–H groups in total. The first kappa shape index (κ1) is 16.9. The lowest BCUT2D eigenvalue weighted by molar-refractivity contribution is 0.134. The zero-order valence-electron chi connectivity index (χ0n) is 13.9. The van der Waals surface area contributed by atoms with Crippen molar-refractivity contribution >= 4 is 10.0 Å². The fourth-order valence-electron chi connectivity index (χ4n) is 3.71. The van der Waals surface area contributed by atoms with E-state index >= 15 is 0 Å². The zero-order chi connectivity index (χ0) is 16.4. The summed E-state index contributed by atoms with van der Waals surface area (Å²) in [6.07, 6.45) is 1.26. The Morgan fingerprint density at radius 3 is 2.61 bits per heavy atom. The molecule has 1 aromatic rings. The van der Waals surface area contributed by atoms with Crippen LogP contribution in [-0.4, -0.2) is 39.5 Å². The van der Waals surface area contributed by atoms with Crippen LogP contribution in [0.5, 0.6) is 0 Å². The monoisotopic (exact) mass is 338 g/mol. The molecule has 1 fully saturated rings. The number of rotatable bonds is 5. The van der Waals surface area contributed by atoms with E-state index in [-0.39, 0.29) is 0 Å². The van der Waals surface area contributed by atoms with Crippen LogP contribution in [0, 0.1) is 11.8 Å². The number of nitrogens with one attached hydrogen (secondary N) is 1. The van der Waals surface area contributed by atoms with Gasteiger partial charge in [0.1, 0.15) is 0 Å². The van der Waals surface area contributed by atoms with Crippen molar-refractivity contribution in [2.45, 2.75) is 38.4 Å². The van der Waals surface area contributed by atoms with Crippen LogP contribution in [0.25, 0.3) is 0 Å². The van der Waals surface area contributed by atoms with E-state index in [1.165, 1.54) is 6.42 Å². The third kappa shape index (κ3) is 4.12. The van der Waals surface area contributed by atoms with E-state index in [1.54, 1.807) is 12.1 Å². The normalized spacial score (nSPS) is 25.5. The minimum absolute atomic E-state index is 0.335. The molecular weight excluding hydrogens is 312 g/mol. The predicted molar refractivity (Wildman–Crippen MR) is 89.5 cm³/mol. The van der Waals surface area contributed by atoms with Gasteiger partial charge in [-0.15, -0.1) is 0 Å². The van der Waals surface area contributed by atoms with Crippen LogP contribution >= 0.6 is 0 Å². The Morgan fingerprint density at radius 2 is 1.87 bits per heavy atom. The number of likely N-dealkylation sites (tertiary alicyclic amines) is 1. The Bertz CT molecular complexity index is 650. The van der Waals surface area contributed by atoms with Crippen LogP contribution in [0.2, 0.25) is 0 Å². The van der Waals surface area contributed by atoms with Gasteiger partial charge in [0.2, 0.25) is 10.0 Å². The van der Waals surface area contributed by atoms with Gasteiger partial charge in [-0.1, -0.05) is 19.9 Å². The van der Waals surface area contributed by atoms with Gasteiger partial charge < -0.3 is 9.64 Å². The molecule has 2 atom stereocenters. The predicted octanol–water partition coefficient (Wildman–Crippen LogP) is 1.97. The largest absolute Gasteiger partial charge is 0.372 e. The summed E-state index contributed by atoms with van der Waals surface area (Å²) in [4.78, 5) is 2.69. The van der Waals surface area contributed by atoms with Gasteiger partial charge in [0.05, 0.1) is 18.1 Å². The first-order chi connectivity index (χ1) is 10.9. The van der Waals surface area contributed by atoms with Crippen molar-refractivity contribution in [3.8, 4) is 0 Å². The molecule has 0 radical (unpaired) electrons. The molecule has 1 saturated heterocycles. The van der Waals surface area contributed by atoms with Gasteiger partial charge in [-0.3, -0.25) is 0 Å². The average molecular weight is 338 g/mol. The first-order valence-corrected chi connectivity index (χ1v) is 9.84. The van der Waals surface area contributed by atoms with E-state index in [0.717, 1.165) is 30.8 Å². The molecule has 6 heteroatoms. The molecule has 23 heavy (non-hydrogen) atoms. The fourth-order valence-corrected chi connectivity index (χ4v) is 4.78. The Balaban J connectivity index is 1.57. The van der Waals surface area contributed by atoms with Gasteiger partial charge in [-0.25, -0.2) is 13.1 Å². The second-order valence-electron chi connectivity index (χ2n) is 7.03. The van der Waals surface area contributed by atoms with Crippen LogP contribution < -0.4 is 4.72 Å². The van der Waals surface area contributed by atoms with Crippen molar-refractivity contribution in [3.63, 3.8) is 0 Å². The van der Waals surface area contributed by atoms with Crippen molar-refractivity contribution in [1.29, 1.82) is 0 Å². The third-order valence-corrected chi connectivity index (χ3v) is 6.13. The van der Waals surface area contributed by atoms with E-state index in [4.69, 9.17) is 4.74 Å². The highest BCUT2D eigenvalue weighted by atomic mass is 32.2. The van der Waals surface area contributed by atoms with Crippen LogP contribution in [0.1, 0.15) is 31.4 Å². The summed E-state index contributed by atoms with van der Waals surface area (Å²) in [5.74, 6) is 1.37. The van der Waals surface area contributed by atoms with E-state index in [0.29, 0.717) is 36.5 Å². The summed E-state index contributed by atoms with van der Waals surface area (Å²) in [6.45, 7) is 8.94. The van der Waals surface area contributed by atoms with Crippen LogP contribution in [0.3, 0.4) is 0 Å². The van der Waals surface area contributed by atoms with Gasteiger partial charge in [0.25, 0.3) is 0 Å². The lowest BCUT2D eigenvalue weighted by Gasteiger charge is -2.34. The van der Waals surface area contributed by atoms with Gasteiger partial charge in [0.15, 0.2) is 0 Å². The number of hydrogen-bond acceptors (Lipinski definition) is 4. The Morgan fingerprint density at radius 1 is 1.17 bits per heavy atom. The average Bonchev–Trinajstić information content (AvgIpc) is 2.93. The standard InChI is InChI=1S/C17H26N2O3S/c1-13-7-14(2)10-19(9-13)6-5-18-23(20,21)17-4-3-15-11-22-12-16(15)8-17/h3-4,8,13-14,18H,5-7,9-12H2,1-2H3/t13-,14-/m1/s1. The van der Waals surface area contributed by atoms with E-state index < -0.39 is 10.0 Å². The SMILES string of the molecule is C[C@@H]1C[C@@H](C)CN(CCNS(=O)(=O)c2ccc3c(c2)COC3)C1. The zero-order valence-corrected chi connectivity index (χ0v) is 14.7. The molecule has 0 unspecified atom stereocenters. The summed E-state index contributed by atoms with van der Waals surface area (Å²) in [6, 6.07) is 5.25. The number of piperidine rings is 1. The highest BCUT2D eigenvalue weighted by molar-refractivity contribution is 7.89. The summed E-state index contributed by atoms with van der Waals surface area (Å²) >= 11 is 0. The lowest BCUT2D eigenvalue weighted by Crippen LogP contribution is -2.42. The number of fused-ring (bicyclic) bond motifs is 1. The third-order valence-electron chi connectivity index (χ3n) is 4.67. The Labute approximate surface area is 139 Å². The molecule has 5 nitrogen and oxygen atoms in total. The van der Waals surface area contributed by atoms with Gasteiger partial charge >= 0.3 is 0 Å². The minimum atomic E-state index is -3.44. The van der Waals surface area contributed by atoms with Crippen molar-refractivity contribution in [1.82, 2.24) is 9.62 Å².